The first-order valence-electron chi connectivity index (χ1n) is 8.84. The van der Waals surface area contributed by atoms with Crippen molar-refractivity contribution in [3.8, 4) is 0 Å². The van der Waals surface area contributed by atoms with E-state index >= 15 is 0 Å². The number of methoxy groups -OCH3 is 1. The lowest BCUT2D eigenvalue weighted by atomic mass is 10.1. The van der Waals surface area contributed by atoms with Gasteiger partial charge in [0.25, 0.3) is 0 Å². The maximum Gasteiger partial charge on any atom is 0.194 e. The standard InChI is InChI=1S/C19H30FN3O2.HI/c1-6-21-18(22-13-19(3,4)24-5)23-11-14(2)25-17(12-23)15-7-9-16(20)10-8-15;/h7-10,14,17H,6,11-13H2,1-5H3,(H,21,22);1H. The zero-order valence-electron chi connectivity index (χ0n) is 16.3. The van der Waals surface area contributed by atoms with E-state index in [1.807, 2.05) is 20.8 Å². The molecule has 1 aromatic rings. The molecule has 1 fully saturated rings. The minimum absolute atomic E-state index is 0. The molecular formula is C19H31FIN3O2. The van der Waals surface area contributed by atoms with Gasteiger partial charge in [-0.05, 0) is 45.4 Å². The predicted octanol–water partition coefficient (Wildman–Crippen LogP) is 3.60. The Labute approximate surface area is 173 Å². The van der Waals surface area contributed by atoms with E-state index in [0.717, 1.165) is 24.6 Å². The number of aliphatic imine (C=N–C) groups is 1. The van der Waals surface area contributed by atoms with Crippen molar-refractivity contribution in [2.45, 2.75) is 45.5 Å². The van der Waals surface area contributed by atoms with E-state index in [2.05, 4.69) is 17.1 Å². The van der Waals surface area contributed by atoms with Gasteiger partial charge in [-0.2, -0.15) is 0 Å². The van der Waals surface area contributed by atoms with Crippen LogP contribution in [-0.2, 0) is 9.47 Å². The molecule has 0 saturated carbocycles. The third-order valence-corrected chi connectivity index (χ3v) is 4.30. The first kappa shape index (κ1) is 23.1. The van der Waals surface area contributed by atoms with Crippen LogP contribution in [0.4, 0.5) is 4.39 Å². The van der Waals surface area contributed by atoms with Crippen LogP contribution in [0, 0.1) is 5.82 Å². The van der Waals surface area contributed by atoms with Crippen LogP contribution >= 0.6 is 24.0 Å². The molecule has 1 aliphatic heterocycles. The predicted molar refractivity (Wildman–Crippen MR) is 114 cm³/mol. The van der Waals surface area contributed by atoms with Crippen molar-refractivity contribution >= 4 is 29.9 Å². The Bertz CT molecular complexity index is 581. The van der Waals surface area contributed by atoms with Gasteiger partial charge in [0.2, 0.25) is 0 Å². The second kappa shape index (κ2) is 10.4. The first-order valence-corrected chi connectivity index (χ1v) is 8.84. The van der Waals surface area contributed by atoms with Crippen molar-refractivity contribution in [2.24, 2.45) is 4.99 Å². The number of ether oxygens (including phenoxy) is 2. The molecule has 26 heavy (non-hydrogen) atoms. The van der Waals surface area contributed by atoms with Crippen LogP contribution in [0.5, 0.6) is 0 Å². The Balaban J connectivity index is 0.00000338. The van der Waals surface area contributed by atoms with Gasteiger partial charge in [-0.3, -0.25) is 4.99 Å². The topological polar surface area (TPSA) is 46.1 Å². The Morgan fingerprint density at radius 2 is 2.00 bits per heavy atom. The number of guanidine groups is 1. The first-order chi connectivity index (χ1) is 11.8. The summed E-state index contributed by atoms with van der Waals surface area (Å²) in [6.07, 6.45) is -0.0493. The highest BCUT2D eigenvalue weighted by Crippen LogP contribution is 2.25. The number of nitrogens with zero attached hydrogens (tertiary/aromatic N) is 2. The smallest absolute Gasteiger partial charge is 0.194 e. The largest absolute Gasteiger partial charge is 0.377 e. The maximum absolute atomic E-state index is 13.2. The Hall–Kier alpha value is -0.930. The van der Waals surface area contributed by atoms with Gasteiger partial charge in [-0.25, -0.2) is 4.39 Å². The summed E-state index contributed by atoms with van der Waals surface area (Å²) in [6.45, 7) is 10.9. The van der Waals surface area contributed by atoms with Crippen LogP contribution in [0.25, 0.3) is 0 Å². The zero-order valence-corrected chi connectivity index (χ0v) is 18.6. The zero-order chi connectivity index (χ0) is 18.4. The van der Waals surface area contributed by atoms with Crippen LogP contribution in [0.2, 0.25) is 0 Å². The normalized spacial score (nSPS) is 21.3. The van der Waals surface area contributed by atoms with Gasteiger partial charge in [-0.1, -0.05) is 12.1 Å². The van der Waals surface area contributed by atoms with E-state index in [-0.39, 0.29) is 47.6 Å². The SMILES string of the molecule is CCNC(=NCC(C)(C)OC)N1CC(C)OC(c2ccc(F)cc2)C1.I. The van der Waals surface area contributed by atoms with Crippen molar-refractivity contribution in [1.82, 2.24) is 10.2 Å². The van der Waals surface area contributed by atoms with E-state index in [1.165, 1.54) is 12.1 Å². The highest BCUT2D eigenvalue weighted by molar-refractivity contribution is 14.0. The van der Waals surface area contributed by atoms with Crippen molar-refractivity contribution in [3.05, 3.63) is 35.6 Å². The summed E-state index contributed by atoms with van der Waals surface area (Å²) in [5, 5.41) is 3.36. The average molecular weight is 479 g/mol. The molecule has 0 bridgehead atoms. The van der Waals surface area contributed by atoms with Crippen LogP contribution in [-0.4, -0.2) is 55.9 Å². The van der Waals surface area contributed by atoms with E-state index in [0.29, 0.717) is 13.1 Å². The lowest BCUT2D eigenvalue weighted by Crippen LogP contribution is -2.51. The number of halogens is 2. The molecule has 1 saturated heterocycles. The maximum atomic E-state index is 13.2. The van der Waals surface area contributed by atoms with Crippen molar-refractivity contribution in [1.29, 1.82) is 0 Å². The van der Waals surface area contributed by atoms with E-state index in [4.69, 9.17) is 14.5 Å². The summed E-state index contributed by atoms with van der Waals surface area (Å²) >= 11 is 0. The van der Waals surface area contributed by atoms with Crippen LogP contribution in [0.15, 0.2) is 29.3 Å². The fourth-order valence-electron chi connectivity index (χ4n) is 2.74. The molecule has 0 radical (unpaired) electrons. The second-order valence-electron chi connectivity index (χ2n) is 7.03. The molecule has 0 aromatic heterocycles. The van der Waals surface area contributed by atoms with Gasteiger partial charge in [0.15, 0.2) is 5.96 Å². The monoisotopic (exact) mass is 479 g/mol. The Morgan fingerprint density at radius 1 is 1.35 bits per heavy atom. The summed E-state index contributed by atoms with van der Waals surface area (Å²) in [6, 6.07) is 6.52. The average Bonchev–Trinajstić information content (AvgIpc) is 2.58. The highest BCUT2D eigenvalue weighted by atomic mass is 127. The fraction of sp³-hybridized carbons (Fsp3) is 0.632. The molecule has 5 nitrogen and oxygen atoms in total. The van der Waals surface area contributed by atoms with E-state index in [9.17, 15) is 4.39 Å². The van der Waals surface area contributed by atoms with Crippen molar-refractivity contribution in [2.75, 3.05) is 33.3 Å². The lowest BCUT2D eigenvalue weighted by molar-refractivity contribution is -0.0606. The third kappa shape index (κ3) is 6.66. The Kier molecular flexibility index (Phi) is 9.26. The summed E-state index contributed by atoms with van der Waals surface area (Å²) in [4.78, 5) is 6.95. The minimum Gasteiger partial charge on any atom is -0.377 e. The summed E-state index contributed by atoms with van der Waals surface area (Å²) in [7, 11) is 1.70. The van der Waals surface area contributed by atoms with Crippen molar-refractivity contribution < 1.29 is 13.9 Å². The van der Waals surface area contributed by atoms with Gasteiger partial charge in [0.1, 0.15) is 11.9 Å². The van der Waals surface area contributed by atoms with Gasteiger partial charge in [0, 0.05) is 20.2 Å². The molecule has 7 heteroatoms. The fourth-order valence-corrected chi connectivity index (χ4v) is 2.74. The molecule has 0 amide bonds. The van der Waals surface area contributed by atoms with Crippen LogP contribution in [0.3, 0.4) is 0 Å². The second-order valence-corrected chi connectivity index (χ2v) is 7.03. The number of hydrogen-bond donors (Lipinski definition) is 1. The lowest BCUT2D eigenvalue weighted by Gasteiger charge is -2.39. The minimum atomic E-state index is -0.311. The van der Waals surface area contributed by atoms with Gasteiger partial charge < -0.3 is 19.7 Å². The third-order valence-electron chi connectivity index (χ3n) is 4.30. The van der Waals surface area contributed by atoms with Gasteiger partial charge in [0.05, 0.1) is 24.8 Å². The number of hydrogen-bond acceptors (Lipinski definition) is 3. The Morgan fingerprint density at radius 3 is 2.58 bits per heavy atom. The molecule has 148 valence electrons. The number of morpholine rings is 1. The molecule has 1 N–H and O–H groups in total. The molecule has 0 spiro atoms. The molecule has 2 unspecified atom stereocenters. The molecule has 0 aliphatic carbocycles. The number of benzene rings is 1. The van der Waals surface area contributed by atoms with Gasteiger partial charge >= 0.3 is 0 Å². The van der Waals surface area contributed by atoms with E-state index in [1.54, 1.807) is 19.2 Å². The summed E-state index contributed by atoms with van der Waals surface area (Å²) in [5.74, 6) is 0.621. The summed E-state index contributed by atoms with van der Waals surface area (Å²) < 4.78 is 24.7. The molecule has 2 atom stereocenters. The molecular weight excluding hydrogens is 448 g/mol. The van der Waals surface area contributed by atoms with E-state index < -0.39 is 0 Å². The number of rotatable bonds is 5. The molecule has 1 heterocycles. The summed E-state index contributed by atoms with van der Waals surface area (Å²) in [5.41, 5.74) is 0.667. The number of nitrogens with one attached hydrogen (secondary N) is 1. The van der Waals surface area contributed by atoms with Crippen LogP contribution in [0.1, 0.15) is 39.4 Å². The van der Waals surface area contributed by atoms with Crippen LogP contribution < -0.4 is 5.32 Å². The highest BCUT2D eigenvalue weighted by Gasteiger charge is 2.29. The molecule has 1 aliphatic rings. The van der Waals surface area contributed by atoms with Gasteiger partial charge in [-0.15, -0.1) is 24.0 Å². The quantitative estimate of drug-likeness (QED) is 0.399. The van der Waals surface area contributed by atoms with Crippen molar-refractivity contribution in [3.63, 3.8) is 0 Å². The molecule has 2 rings (SSSR count). The molecule has 1 aromatic carbocycles.